The molecule has 1 heterocycles. The van der Waals surface area contributed by atoms with E-state index in [1.54, 1.807) is 7.11 Å². The van der Waals surface area contributed by atoms with Crippen LogP contribution in [0.2, 0.25) is 0 Å². The predicted molar refractivity (Wildman–Crippen MR) is 95.7 cm³/mol. The first-order valence-electron chi connectivity index (χ1n) is 8.54. The molecule has 1 aliphatic carbocycles. The van der Waals surface area contributed by atoms with E-state index in [0.29, 0.717) is 12.6 Å². The molecule has 128 valence electrons. The third kappa shape index (κ3) is 5.03. The standard InChI is InChI=1S/C16H32N4OS/c1-14(12-21-2)19-15(17)18-13-16(6-4-3-5-7-16)20-8-10-22-11-9-20/h14H,3-13H2,1-2H3,(H3,17,18,19). The molecule has 3 N–H and O–H groups in total. The number of nitrogens with zero attached hydrogens (tertiary/aromatic N) is 2. The summed E-state index contributed by atoms with van der Waals surface area (Å²) >= 11 is 2.07. The highest BCUT2D eigenvalue weighted by molar-refractivity contribution is 7.99. The Hall–Kier alpha value is -0.460. The Kier molecular flexibility index (Phi) is 7.31. The summed E-state index contributed by atoms with van der Waals surface area (Å²) in [5.74, 6) is 3.06. The SMILES string of the molecule is COCC(C)NC(N)=NCC1(N2CCSCC2)CCCCC1. The minimum Gasteiger partial charge on any atom is -0.383 e. The first kappa shape index (κ1) is 17.9. The second-order valence-electron chi connectivity index (χ2n) is 6.59. The number of hydrogen-bond donors (Lipinski definition) is 2. The molecule has 5 nitrogen and oxygen atoms in total. The maximum atomic E-state index is 6.07. The minimum atomic E-state index is 0.197. The number of aliphatic imine (C=N–C) groups is 1. The van der Waals surface area contributed by atoms with E-state index in [1.165, 1.54) is 56.7 Å². The Morgan fingerprint density at radius 2 is 2.00 bits per heavy atom. The van der Waals surface area contributed by atoms with Gasteiger partial charge < -0.3 is 15.8 Å². The number of hydrogen-bond acceptors (Lipinski definition) is 4. The van der Waals surface area contributed by atoms with Gasteiger partial charge in [-0.05, 0) is 19.8 Å². The Morgan fingerprint density at radius 1 is 1.32 bits per heavy atom. The van der Waals surface area contributed by atoms with Crippen LogP contribution in [0.15, 0.2) is 4.99 Å². The van der Waals surface area contributed by atoms with E-state index in [9.17, 15) is 0 Å². The maximum Gasteiger partial charge on any atom is 0.188 e. The largest absolute Gasteiger partial charge is 0.383 e. The lowest BCUT2D eigenvalue weighted by Crippen LogP contribution is -2.55. The summed E-state index contributed by atoms with van der Waals surface area (Å²) < 4.78 is 5.13. The van der Waals surface area contributed by atoms with E-state index in [-0.39, 0.29) is 11.6 Å². The Bertz CT molecular complexity index is 352. The zero-order valence-corrected chi connectivity index (χ0v) is 15.0. The van der Waals surface area contributed by atoms with Gasteiger partial charge in [0.25, 0.3) is 0 Å². The van der Waals surface area contributed by atoms with Gasteiger partial charge in [-0.25, -0.2) is 0 Å². The van der Waals surface area contributed by atoms with Crippen LogP contribution >= 0.6 is 11.8 Å². The lowest BCUT2D eigenvalue weighted by Gasteiger charge is -2.47. The van der Waals surface area contributed by atoms with Crippen LogP contribution in [0.25, 0.3) is 0 Å². The number of nitrogens with one attached hydrogen (secondary N) is 1. The molecule has 0 aromatic heterocycles. The Balaban J connectivity index is 1.96. The van der Waals surface area contributed by atoms with Crippen LogP contribution < -0.4 is 11.1 Å². The molecule has 0 aromatic carbocycles. The van der Waals surface area contributed by atoms with E-state index in [0.717, 1.165) is 6.54 Å². The van der Waals surface area contributed by atoms with E-state index < -0.39 is 0 Å². The van der Waals surface area contributed by atoms with Gasteiger partial charge in [0.2, 0.25) is 0 Å². The summed E-state index contributed by atoms with van der Waals surface area (Å²) in [6.45, 7) is 5.94. The van der Waals surface area contributed by atoms with Gasteiger partial charge in [-0.1, -0.05) is 19.3 Å². The molecule has 2 rings (SSSR count). The Labute approximate surface area is 139 Å². The Morgan fingerprint density at radius 3 is 2.64 bits per heavy atom. The van der Waals surface area contributed by atoms with Crippen LogP contribution in [-0.4, -0.2) is 67.3 Å². The molecule has 0 amide bonds. The van der Waals surface area contributed by atoms with Crippen LogP contribution in [0.4, 0.5) is 0 Å². The molecule has 6 heteroatoms. The van der Waals surface area contributed by atoms with Gasteiger partial charge in [-0.2, -0.15) is 11.8 Å². The topological polar surface area (TPSA) is 62.9 Å². The van der Waals surface area contributed by atoms with Gasteiger partial charge in [-0.15, -0.1) is 0 Å². The van der Waals surface area contributed by atoms with Crippen molar-refractivity contribution in [3.05, 3.63) is 0 Å². The zero-order chi connectivity index (χ0) is 15.8. The van der Waals surface area contributed by atoms with Crippen LogP contribution in [0.3, 0.4) is 0 Å². The first-order chi connectivity index (χ1) is 10.7. The molecule has 2 aliphatic rings. The maximum absolute atomic E-state index is 6.07. The van der Waals surface area contributed by atoms with Crippen molar-refractivity contribution in [1.29, 1.82) is 0 Å². The van der Waals surface area contributed by atoms with E-state index in [1.807, 2.05) is 0 Å². The second kappa shape index (κ2) is 8.99. The quantitative estimate of drug-likeness (QED) is 0.574. The van der Waals surface area contributed by atoms with Crippen molar-refractivity contribution < 1.29 is 4.74 Å². The number of ether oxygens (including phenoxy) is 1. The molecule has 1 aliphatic heterocycles. The third-order valence-corrected chi connectivity index (χ3v) is 5.76. The van der Waals surface area contributed by atoms with E-state index in [4.69, 9.17) is 15.5 Å². The van der Waals surface area contributed by atoms with Crippen LogP contribution in [-0.2, 0) is 4.74 Å². The fraction of sp³-hybridized carbons (Fsp3) is 0.938. The van der Waals surface area contributed by atoms with Crippen molar-refractivity contribution in [2.24, 2.45) is 10.7 Å². The normalized spacial score (nSPS) is 24.9. The first-order valence-corrected chi connectivity index (χ1v) is 9.70. The van der Waals surface area contributed by atoms with E-state index in [2.05, 4.69) is 28.9 Å². The lowest BCUT2D eigenvalue weighted by atomic mass is 9.80. The van der Waals surface area contributed by atoms with Gasteiger partial charge >= 0.3 is 0 Å². The monoisotopic (exact) mass is 328 g/mol. The summed E-state index contributed by atoms with van der Waals surface area (Å²) in [5.41, 5.74) is 6.32. The van der Waals surface area contributed by atoms with Gasteiger partial charge in [0.1, 0.15) is 0 Å². The van der Waals surface area contributed by atoms with Crippen molar-refractivity contribution in [3.63, 3.8) is 0 Å². The number of thioether (sulfide) groups is 1. The molecular weight excluding hydrogens is 296 g/mol. The molecule has 0 radical (unpaired) electrons. The number of guanidine groups is 1. The predicted octanol–water partition coefficient (Wildman–Crippen LogP) is 1.68. The second-order valence-corrected chi connectivity index (χ2v) is 7.81. The molecule has 0 aromatic rings. The molecule has 1 atom stereocenters. The molecule has 0 spiro atoms. The molecule has 1 unspecified atom stereocenters. The lowest BCUT2D eigenvalue weighted by molar-refractivity contribution is 0.0672. The summed E-state index contributed by atoms with van der Waals surface area (Å²) in [5, 5.41) is 3.22. The molecule has 0 bridgehead atoms. The van der Waals surface area contributed by atoms with Gasteiger partial charge in [-0.3, -0.25) is 9.89 Å². The number of rotatable bonds is 6. The van der Waals surface area contributed by atoms with Gasteiger partial charge in [0.15, 0.2) is 5.96 Å². The zero-order valence-electron chi connectivity index (χ0n) is 14.1. The highest BCUT2D eigenvalue weighted by Crippen LogP contribution is 2.35. The average Bonchev–Trinajstić information content (AvgIpc) is 2.55. The molecular formula is C16H32N4OS. The van der Waals surface area contributed by atoms with Gasteiger partial charge in [0, 0.05) is 43.3 Å². The highest BCUT2D eigenvalue weighted by Gasteiger charge is 2.38. The smallest absolute Gasteiger partial charge is 0.188 e. The van der Waals surface area contributed by atoms with Crippen LogP contribution in [0, 0.1) is 0 Å². The van der Waals surface area contributed by atoms with E-state index >= 15 is 0 Å². The average molecular weight is 329 g/mol. The minimum absolute atomic E-state index is 0.197. The summed E-state index contributed by atoms with van der Waals surface area (Å²) in [4.78, 5) is 7.39. The fourth-order valence-corrected chi connectivity index (χ4v) is 4.55. The fourth-order valence-electron chi connectivity index (χ4n) is 3.64. The summed E-state index contributed by atoms with van der Waals surface area (Å²) in [6.07, 6.45) is 6.55. The van der Waals surface area contributed by atoms with Crippen molar-refractivity contribution in [2.45, 2.75) is 50.6 Å². The molecule has 1 saturated heterocycles. The van der Waals surface area contributed by atoms with Crippen LogP contribution in [0.5, 0.6) is 0 Å². The molecule has 2 fully saturated rings. The van der Waals surface area contributed by atoms with Crippen molar-refractivity contribution >= 4 is 17.7 Å². The highest BCUT2D eigenvalue weighted by atomic mass is 32.2. The van der Waals surface area contributed by atoms with Crippen molar-refractivity contribution in [2.75, 3.05) is 44.9 Å². The number of nitrogens with two attached hydrogens (primary N) is 1. The molecule has 1 saturated carbocycles. The van der Waals surface area contributed by atoms with Crippen molar-refractivity contribution in [3.8, 4) is 0 Å². The summed E-state index contributed by atoms with van der Waals surface area (Å²) in [6, 6.07) is 0.197. The van der Waals surface area contributed by atoms with Crippen molar-refractivity contribution in [1.82, 2.24) is 10.2 Å². The number of methoxy groups -OCH3 is 1. The van der Waals surface area contributed by atoms with Gasteiger partial charge in [0.05, 0.1) is 13.2 Å². The third-order valence-electron chi connectivity index (χ3n) is 4.82. The molecule has 22 heavy (non-hydrogen) atoms. The van der Waals surface area contributed by atoms with Crippen LogP contribution in [0.1, 0.15) is 39.0 Å². The summed E-state index contributed by atoms with van der Waals surface area (Å²) in [7, 11) is 1.71.